The van der Waals surface area contributed by atoms with Crippen molar-refractivity contribution in [2.24, 2.45) is 0 Å². The molecule has 1 aromatic carbocycles. The molecule has 0 aliphatic carbocycles. The Bertz CT molecular complexity index is 403. The van der Waals surface area contributed by atoms with Gasteiger partial charge in [-0.1, -0.05) is 30.7 Å². The van der Waals surface area contributed by atoms with E-state index in [2.05, 4.69) is 5.32 Å². The zero-order chi connectivity index (χ0) is 15.5. The van der Waals surface area contributed by atoms with E-state index >= 15 is 0 Å². The zero-order valence-corrected chi connectivity index (χ0v) is 13.4. The molecule has 1 unspecified atom stereocenters. The Morgan fingerprint density at radius 1 is 1.29 bits per heavy atom. The highest BCUT2D eigenvalue weighted by molar-refractivity contribution is 6.32. The average molecular weight is 318 g/mol. The molecule has 0 aliphatic rings. The average Bonchev–Trinajstić information content (AvgIpc) is 2.48. The number of methoxy groups -OCH3 is 1. The summed E-state index contributed by atoms with van der Waals surface area (Å²) in [6, 6.07) is 5.60. The summed E-state index contributed by atoms with van der Waals surface area (Å²) in [6.45, 7) is 4.86. The fourth-order valence-corrected chi connectivity index (χ4v) is 1.95. The summed E-state index contributed by atoms with van der Waals surface area (Å²) in [7, 11) is 1.60. The number of para-hydroxylation sites is 1. The molecule has 1 rings (SSSR count). The van der Waals surface area contributed by atoms with Crippen LogP contribution in [-0.2, 0) is 16.0 Å². The van der Waals surface area contributed by atoms with Crippen LogP contribution in [0.25, 0.3) is 0 Å². The van der Waals surface area contributed by atoms with E-state index in [4.69, 9.17) is 25.8 Å². The van der Waals surface area contributed by atoms with Crippen molar-refractivity contribution in [3.8, 4) is 5.75 Å². The molecular formula is C15H24ClNO4. The summed E-state index contributed by atoms with van der Waals surface area (Å²) in [5.41, 5.74) is 0.969. The maximum atomic E-state index is 9.82. The van der Waals surface area contributed by atoms with Crippen molar-refractivity contribution in [1.29, 1.82) is 0 Å². The van der Waals surface area contributed by atoms with Crippen molar-refractivity contribution in [2.75, 3.05) is 40.1 Å². The van der Waals surface area contributed by atoms with Gasteiger partial charge < -0.3 is 24.6 Å². The third kappa shape index (κ3) is 7.11. The molecule has 2 N–H and O–H groups in total. The van der Waals surface area contributed by atoms with Gasteiger partial charge >= 0.3 is 0 Å². The molecule has 6 heteroatoms. The molecule has 0 heterocycles. The Morgan fingerprint density at radius 3 is 2.81 bits per heavy atom. The van der Waals surface area contributed by atoms with Crippen molar-refractivity contribution in [3.05, 3.63) is 28.8 Å². The van der Waals surface area contributed by atoms with E-state index in [1.54, 1.807) is 13.2 Å². The molecule has 0 saturated carbocycles. The Labute approximate surface area is 131 Å². The molecule has 0 radical (unpaired) electrons. The lowest BCUT2D eigenvalue weighted by Crippen LogP contribution is -2.25. The molecule has 0 aromatic heterocycles. The van der Waals surface area contributed by atoms with E-state index in [1.165, 1.54) is 0 Å². The van der Waals surface area contributed by atoms with E-state index < -0.39 is 6.10 Å². The topological polar surface area (TPSA) is 60.0 Å². The minimum Gasteiger partial charge on any atom is -0.489 e. The van der Waals surface area contributed by atoms with Crippen LogP contribution in [0.15, 0.2) is 18.2 Å². The van der Waals surface area contributed by atoms with Gasteiger partial charge in [0, 0.05) is 19.2 Å². The lowest BCUT2D eigenvalue weighted by atomic mass is 10.2. The predicted octanol–water partition coefficient (Wildman–Crippen LogP) is 1.85. The highest BCUT2D eigenvalue weighted by atomic mass is 35.5. The van der Waals surface area contributed by atoms with Gasteiger partial charge in [0.25, 0.3) is 0 Å². The third-order valence-corrected chi connectivity index (χ3v) is 3.07. The second-order valence-corrected chi connectivity index (χ2v) is 4.95. The summed E-state index contributed by atoms with van der Waals surface area (Å²) in [4.78, 5) is 0. The molecule has 0 aliphatic heterocycles. The van der Waals surface area contributed by atoms with Crippen LogP contribution < -0.4 is 10.1 Å². The van der Waals surface area contributed by atoms with Gasteiger partial charge in [0.15, 0.2) is 0 Å². The second-order valence-electron chi connectivity index (χ2n) is 4.54. The number of rotatable bonds is 11. The van der Waals surface area contributed by atoms with Gasteiger partial charge in [-0.2, -0.15) is 0 Å². The maximum Gasteiger partial charge on any atom is 0.142 e. The number of nitrogens with one attached hydrogen (secondary N) is 1. The number of ether oxygens (including phenoxy) is 3. The van der Waals surface area contributed by atoms with Gasteiger partial charge in [-0.3, -0.25) is 0 Å². The first-order valence-corrected chi connectivity index (χ1v) is 7.42. The molecular weight excluding hydrogens is 294 g/mol. The predicted molar refractivity (Wildman–Crippen MR) is 83.0 cm³/mol. The highest BCUT2D eigenvalue weighted by Crippen LogP contribution is 2.28. The van der Waals surface area contributed by atoms with E-state index in [9.17, 15) is 5.11 Å². The smallest absolute Gasteiger partial charge is 0.142 e. The van der Waals surface area contributed by atoms with Gasteiger partial charge in [0.2, 0.25) is 0 Å². The van der Waals surface area contributed by atoms with Gasteiger partial charge in [0.1, 0.15) is 18.5 Å². The lowest BCUT2D eigenvalue weighted by molar-refractivity contribution is -0.00431. The van der Waals surface area contributed by atoms with E-state index in [1.807, 2.05) is 19.1 Å². The molecule has 5 nitrogen and oxygen atoms in total. The van der Waals surface area contributed by atoms with Crippen molar-refractivity contribution < 1.29 is 19.3 Å². The third-order valence-electron chi connectivity index (χ3n) is 2.78. The Hall–Kier alpha value is -0.850. The monoisotopic (exact) mass is 317 g/mol. The van der Waals surface area contributed by atoms with Gasteiger partial charge in [-0.15, -0.1) is 0 Å². The Balaban J connectivity index is 2.46. The summed E-state index contributed by atoms with van der Waals surface area (Å²) in [5, 5.41) is 13.6. The SMILES string of the molecule is CCNCc1cccc(Cl)c1OCC(O)COCCOC. The van der Waals surface area contributed by atoms with E-state index in [0.717, 1.165) is 12.1 Å². The molecule has 1 aromatic rings. The minimum atomic E-state index is -0.704. The Morgan fingerprint density at radius 2 is 2.10 bits per heavy atom. The first-order chi connectivity index (χ1) is 10.2. The quantitative estimate of drug-likeness (QED) is 0.610. The van der Waals surface area contributed by atoms with Crippen LogP contribution in [0.2, 0.25) is 5.02 Å². The van der Waals surface area contributed by atoms with Crippen LogP contribution in [0.5, 0.6) is 5.75 Å². The van der Waals surface area contributed by atoms with Gasteiger partial charge in [0.05, 0.1) is 24.8 Å². The number of hydrogen-bond acceptors (Lipinski definition) is 5. The fraction of sp³-hybridized carbons (Fsp3) is 0.600. The summed E-state index contributed by atoms with van der Waals surface area (Å²) < 4.78 is 15.8. The number of hydrogen-bond donors (Lipinski definition) is 2. The molecule has 120 valence electrons. The van der Waals surface area contributed by atoms with Gasteiger partial charge in [-0.25, -0.2) is 0 Å². The fourth-order valence-electron chi connectivity index (χ4n) is 1.70. The first kappa shape index (κ1) is 18.2. The maximum absolute atomic E-state index is 9.82. The molecule has 0 fully saturated rings. The molecule has 0 amide bonds. The van der Waals surface area contributed by atoms with Crippen LogP contribution in [0.1, 0.15) is 12.5 Å². The number of aliphatic hydroxyl groups excluding tert-OH is 1. The van der Waals surface area contributed by atoms with Gasteiger partial charge in [-0.05, 0) is 12.6 Å². The molecule has 21 heavy (non-hydrogen) atoms. The lowest BCUT2D eigenvalue weighted by Gasteiger charge is -2.16. The Kier molecular flexibility index (Phi) is 9.37. The molecule has 0 spiro atoms. The molecule has 0 saturated heterocycles. The van der Waals surface area contributed by atoms with E-state index in [-0.39, 0.29) is 13.2 Å². The zero-order valence-electron chi connectivity index (χ0n) is 12.6. The van der Waals surface area contributed by atoms with Crippen LogP contribution in [0.3, 0.4) is 0 Å². The van der Waals surface area contributed by atoms with Crippen molar-refractivity contribution in [2.45, 2.75) is 19.6 Å². The summed E-state index contributed by atoms with van der Waals surface area (Å²) in [5.74, 6) is 0.607. The largest absolute Gasteiger partial charge is 0.489 e. The van der Waals surface area contributed by atoms with Crippen molar-refractivity contribution in [3.63, 3.8) is 0 Å². The summed E-state index contributed by atoms with van der Waals surface area (Å²) in [6.07, 6.45) is -0.704. The minimum absolute atomic E-state index is 0.135. The first-order valence-electron chi connectivity index (χ1n) is 7.04. The van der Waals surface area contributed by atoms with Crippen LogP contribution in [0.4, 0.5) is 0 Å². The van der Waals surface area contributed by atoms with Crippen LogP contribution >= 0.6 is 11.6 Å². The summed E-state index contributed by atoms with van der Waals surface area (Å²) >= 11 is 6.16. The van der Waals surface area contributed by atoms with E-state index in [0.29, 0.717) is 30.5 Å². The number of aliphatic hydroxyl groups is 1. The van der Waals surface area contributed by atoms with Crippen LogP contribution in [-0.4, -0.2) is 51.3 Å². The standard InChI is InChI=1S/C15H24ClNO4/c1-3-17-9-12-5-4-6-14(16)15(12)21-11-13(18)10-20-8-7-19-2/h4-6,13,17-18H,3,7-11H2,1-2H3. The van der Waals surface area contributed by atoms with Crippen LogP contribution in [0, 0.1) is 0 Å². The number of halogens is 1. The number of benzene rings is 1. The normalized spacial score (nSPS) is 12.4. The molecule has 0 bridgehead atoms. The van der Waals surface area contributed by atoms with Crippen molar-refractivity contribution >= 4 is 11.6 Å². The second kappa shape index (κ2) is 10.8. The highest BCUT2D eigenvalue weighted by Gasteiger charge is 2.11. The molecule has 1 atom stereocenters. The van der Waals surface area contributed by atoms with Crippen molar-refractivity contribution in [1.82, 2.24) is 5.32 Å².